The molecule has 14 heavy (non-hydrogen) atoms. The quantitative estimate of drug-likeness (QED) is 0.776. The van der Waals surface area contributed by atoms with Crippen molar-refractivity contribution in [2.45, 2.75) is 38.6 Å². The first-order chi connectivity index (χ1) is 6.79. The van der Waals surface area contributed by atoms with E-state index in [1.807, 2.05) is 12.4 Å². The second-order valence-corrected chi connectivity index (χ2v) is 4.27. The first-order valence-corrected chi connectivity index (χ1v) is 5.30. The van der Waals surface area contributed by atoms with Crippen LogP contribution in [-0.4, -0.2) is 9.97 Å². The topological polar surface area (TPSA) is 51.8 Å². The Morgan fingerprint density at radius 2 is 2.07 bits per heavy atom. The standard InChI is InChI=1S/C11H17N3/c1-8-2-3-10(4-8)11-13-6-9(5-12)7-14-11/h6-8,10H,2-5,12H2,1H3. The lowest BCUT2D eigenvalue weighted by molar-refractivity contribution is 0.584. The van der Waals surface area contributed by atoms with Crippen LogP contribution in [0.25, 0.3) is 0 Å². The van der Waals surface area contributed by atoms with Crippen molar-refractivity contribution in [1.82, 2.24) is 9.97 Å². The van der Waals surface area contributed by atoms with Crippen molar-refractivity contribution >= 4 is 0 Å². The monoisotopic (exact) mass is 191 g/mol. The van der Waals surface area contributed by atoms with Crippen molar-refractivity contribution in [3.8, 4) is 0 Å². The number of nitrogens with two attached hydrogens (primary N) is 1. The first-order valence-electron chi connectivity index (χ1n) is 5.30. The normalized spacial score (nSPS) is 26.7. The zero-order valence-electron chi connectivity index (χ0n) is 8.61. The van der Waals surface area contributed by atoms with E-state index < -0.39 is 0 Å². The molecule has 1 aromatic heterocycles. The van der Waals surface area contributed by atoms with Crippen LogP contribution in [-0.2, 0) is 6.54 Å². The smallest absolute Gasteiger partial charge is 0.131 e. The minimum Gasteiger partial charge on any atom is -0.326 e. The maximum atomic E-state index is 5.50. The molecule has 1 heterocycles. The zero-order valence-corrected chi connectivity index (χ0v) is 8.61. The molecule has 76 valence electrons. The maximum Gasteiger partial charge on any atom is 0.131 e. The van der Waals surface area contributed by atoms with Crippen LogP contribution >= 0.6 is 0 Å². The van der Waals surface area contributed by atoms with E-state index in [1.165, 1.54) is 19.3 Å². The third-order valence-electron chi connectivity index (χ3n) is 3.02. The molecule has 0 aliphatic heterocycles. The molecule has 0 saturated heterocycles. The Balaban J connectivity index is 2.09. The molecular formula is C11H17N3. The maximum absolute atomic E-state index is 5.50. The van der Waals surface area contributed by atoms with Gasteiger partial charge in [-0.25, -0.2) is 9.97 Å². The lowest BCUT2D eigenvalue weighted by atomic mass is 10.1. The van der Waals surface area contributed by atoms with Crippen LogP contribution in [0.15, 0.2) is 12.4 Å². The molecule has 2 unspecified atom stereocenters. The summed E-state index contributed by atoms with van der Waals surface area (Å²) in [6, 6.07) is 0. The van der Waals surface area contributed by atoms with E-state index in [0.717, 1.165) is 17.3 Å². The summed E-state index contributed by atoms with van der Waals surface area (Å²) in [7, 11) is 0. The predicted octanol–water partition coefficient (Wildman–Crippen LogP) is 1.84. The van der Waals surface area contributed by atoms with Crippen LogP contribution in [0, 0.1) is 5.92 Å². The highest BCUT2D eigenvalue weighted by Gasteiger charge is 2.24. The number of hydrogen-bond donors (Lipinski definition) is 1. The Labute approximate surface area is 84.8 Å². The van der Waals surface area contributed by atoms with Crippen LogP contribution < -0.4 is 5.73 Å². The van der Waals surface area contributed by atoms with Gasteiger partial charge >= 0.3 is 0 Å². The summed E-state index contributed by atoms with van der Waals surface area (Å²) in [4.78, 5) is 8.75. The highest BCUT2D eigenvalue weighted by Crippen LogP contribution is 2.35. The second-order valence-electron chi connectivity index (χ2n) is 4.27. The fourth-order valence-corrected chi connectivity index (χ4v) is 2.12. The summed E-state index contributed by atoms with van der Waals surface area (Å²) in [5.41, 5.74) is 6.51. The molecule has 1 aromatic rings. The van der Waals surface area contributed by atoms with Gasteiger partial charge in [0, 0.05) is 30.4 Å². The third-order valence-corrected chi connectivity index (χ3v) is 3.02. The molecule has 0 amide bonds. The Kier molecular flexibility index (Phi) is 2.77. The minimum absolute atomic E-state index is 0.529. The van der Waals surface area contributed by atoms with Gasteiger partial charge in [0.1, 0.15) is 5.82 Å². The third kappa shape index (κ3) is 1.93. The minimum atomic E-state index is 0.529. The van der Waals surface area contributed by atoms with Gasteiger partial charge in [-0.2, -0.15) is 0 Å². The molecule has 0 aromatic carbocycles. The molecule has 2 N–H and O–H groups in total. The van der Waals surface area contributed by atoms with E-state index >= 15 is 0 Å². The van der Waals surface area contributed by atoms with E-state index in [0.29, 0.717) is 12.5 Å². The highest BCUT2D eigenvalue weighted by molar-refractivity contribution is 5.08. The van der Waals surface area contributed by atoms with Gasteiger partial charge in [0.25, 0.3) is 0 Å². The molecule has 1 aliphatic carbocycles. The van der Waals surface area contributed by atoms with E-state index in [-0.39, 0.29) is 0 Å². The zero-order chi connectivity index (χ0) is 9.97. The SMILES string of the molecule is CC1CCC(c2ncc(CN)cn2)C1. The average molecular weight is 191 g/mol. The average Bonchev–Trinajstić information content (AvgIpc) is 2.65. The van der Waals surface area contributed by atoms with Crippen LogP contribution in [0.5, 0.6) is 0 Å². The van der Waals surface area contributed by atoms with E-state index in [4.69, 9.17) is 5.73 Å². The summed E-state index contributed by atoms with van der Waals surface area (Å²) < 4.78 is 0. The van der Waals surface area contributed by atoms with Gasteiger partial charge in [-0.05, 0) is 25.2 Å². The number of nitrogens with zero attached hydrogens (tertiary/aromatic N) is 2. The lowest BCUT2D eigenvalue weighted by Crippen LogP contribution is -2.04. The van der Waals surface area contributed by atoms with Gasteiger partial charge in [0.2, 0.25) is 0 Å². The van der Waals surface area contributed by atoms with Crippen LogP contribution in [0.4, 0.5) is 0 Å². The van der Waals surface area contributed by atoms with Crippen molar-refractivity contribution in [2.24, 2.45) is 11.7 Å². The Morgan fingerprint density at radius 3 is 2.57 bits per heavy atom. The molecule has 2 atom stereocenters. The summed E-state index contributed by atoms with van der Waals surface area (Å²) in [5.74, 6) is 2.42. The van der Waals surface area contributed by atoms with Crippen molar-refractivity contribution in [2.75, 3.05) is 0 Å². The number of aromatic nitrogens is 2. The molecule has 0 radical (unpaired) electrons. The van der Waals surface area contributed by atoms with Gasteiger partial charge < -0.3 is 5.73 Å². The van der Waals surface area contributed by atoms with Gasteiger partial charge in [-0.3, -0.25) is 0 Å². The van der Waals surface area contributed by atoms with E-state index in [9.17, 15) is 0 Å². The first kappa shape index (κ1) is 9.59. The Hall–Kier alpha value is -0.960. The highest BCUT2D eigenvalue weighted by atomic mass is 14.9. The van der Waals surface area contributed by atoms with Crippen LogP contribution in [0.1, 0.15) is 43.5 Å². The molecule has 3 heteroatoms. The molecule has 3 nitrogen and oxygen atoms in total. The lowest BCUT2D eigenvalue weighted by Gasteiger charge is -2.07. The van der Waals surface area contributed by atoms with E-state index in [1.54, 1.807) is 0 Å². The molecule has 1 saturated carbocycles. The molecule has 1 aliphatic rings. The predicted molar refractivity (Wildman–Crippen MR) is 55.7 cm³/mol. The molecule has 2 rings (SSSR count). The Bertz CT molecular complexity index is 294. The number of rotatable bonds is 2. The van der Waals surface area contributed by atoms with Gasteiger partial charge in [0.05, 0.1) is 0 Å². The Morgan fingerprint density at radius 1 is 1.36 bits per heavy atom. The van der Waals surface area contributed by atoms with Crippen LogP contribution in [0.3, 0.4) is 0 Å². The van der Waals surface area contributed by atoms with Crippen molar-refractivity contribution in [3.05, 3.63) is 23.8 Å². The molecule has 1 fully saturated rings. The summed E-state index contributed by atoms with van der Waals surface area (Å²) in [6.07, 6.45) is 7.49. The summed E-state index contributed by atoms with van der Waals surface area (Å²) in [5, 5.41) is 0. The van der Waals surface area contributed by atoms with Gasteiger partial charge in [-0.15, -0.1) is 0 Å². The van der Waals surface area contributed by atoms with E-state index in [2.05, 4.69) is 16.9 Å². The molecular weight excluding hydrogens is 174 g/mol. The number of hydrogen-bond acceptors (Lipinski definition) is 3. The fourth-order valence-electron chi connectivity index (χ4n) is 2.12. The van der Waals surface area contributed by atoms with Crippen molar-refractivity contribution < 1.29 is 0 Å². The van der Waals surface area contributed by atoms with Gasteiger partial charge in [0.15, 0.2) is 0 Å². The largest absolute Gasteiger partial charge is 0.326 e. The summed E-state index contributed by atoms with van der Waals surface area (Å²) in [6.45, 7) is 2.83. The van der Waals surface area contributed by atoms with Crippen molar-refractivity contribution in [3.63, 3.8) is 0 Å². The van der Waals surface area contributed by atoms with Crippen molar-refractivity contribution in [1.29, 1.82) is 0 Å². The summed E-state index contributed by atoms with van der Waals surface area (Å²) >= 11 is 0. The molecule has 0 spiro atoms. The van der Waals surface area contributed by atoms with Gasteiger partial charge in [-0.1, -0.05) is 6.92 Å². The fraction of sp³-hybridized carbons (Fsp3) is 0.636. The second kappa shape index (κ2) is 4.05. The van der Waals surface area contributed by atoms with Crippen LogP contribution in [0.2, 0.25) is 0 Å². The molecule has 0 bridgehead atoms.